The van der Waals surface area contributed by atoms with Crippen molar-refractivity contribution in [3.05, 3.63) is 0 Å². The van der Waals surface area contributed by atoms with Crippen molar-refractivity contribution < 1.29 is 0 Å². The van der Waals surface area contributed by atoms with Gasteiger partial charge in [0.25, 0.3) is 0 Å². The van der Waals surface area contributed by atoms with Crippen molar-refractivity contribution >= 4 is 0 Å². The van der Waals surface area contributed by atoms with Crippen LogP contribution in [0.5, 0.6) is 0 Å². The fraction of sp³-hybridized carbons (Fsp3) is 1.00. The van der Waals surface area contributed by atoms with Gasteiger partial charge < -0.3 is 5.32 Å². The number of piperazine rings is 1. The van der Waals surface area contributed by atoms with Crippen molar-refractivity contribution in [3.8, 4) is 0 Å². The lowest BCUT2D eigenvalue weighted by Crippen LogP contribution is -2.67. The molecule has 21 heavy (non-hydrogen) atoms. The van der Waals surface area contributed by atoms with Crippen molar-refractivity contribution in [1.82, 2.24) is 15.1 Å². The van der Waals surface area contributed by atoms with Crippen molar-refractivity contribution in [2.24, 2.45) is 0 Å². The molecule has 4 fully saturated rings. The van der Waals surface area contributed by atoms with E-state index in [0.717, 1.165) is 18.1 Å². The van der Waals surface area contributed by atoms with Crippen LogP contribution in [0.25, 0.3) is 0 Å². The summed E-state index contributed by atoms with van der Waals surface area (Å²) >= 11 is 0. The number of hydrogen-bond acceptors (Lipinski definition) is 3. The summed E-state index contributed by atoms with van der Waals surface area (Å²) in [5, 5.41) is 3.99. The Morgan fingerprint density at radius 1 is 1.00 bits per heavy atom. The number of rotatable bonds is 2. The van der Waals surface area contributed by atoms with E-state index in [1.165, 1.54) is 84.0 Å². The second-order valence-electron chi connectivity index (χ2n) is 8.06. The van der Waals surface area contributed by atoms with E-state index < -0.39 is 0 Å². The predicted molar refractivity (Wildman–Crippen MR) is 87.6 cm³/mol. The minimum Gasteiger partial charge on any atom is -0.308 e. The molecule has 0 radical (unpaired) electrons. The van der Waals surface area contributed by atoms with E-state index in [4.69, 9.17) is 0 Å². The van der Waals surface area contributed by atoms with Gasteiger partial charge in [0.1, 0.15) is 0 Å². The van der Waals surface area contributed by atoms with E-state index in [0.29, 0.717) is 5.54 Å². The summed E-state index contributed by atoms with van der Waals surface area (Å²) in [4.78, 5) is 5.75. The number of nitrogens with one attached hydrogen (secondary N) is 1. The maximum atomic E-state index is 3.99. The summed E-state index contributed by atoms with van der Waals surface area (Å²) in [6.45, 7) is 7.69. The van der Waals surface area contributed by atoms with Gasteiger partial charge in [0.2, 0.25) is 0 Å². The summed E-state index contributed by atoms with van der Waals surface area (Å²) in [7, 11) is 0. The van der Waals surface area contributed by atoms with Crippen LogP contribution in [-0.2, 0) is 0 Å². The highest BCUT2D eigenvalue weighted by Gasteiger charge is 2.47. The average molecular weight is 291 g/mol. The fourth-order valence-corrected chi connectivity index (χ4v) is 5.76. The van der Waals surface area contributed by atoms with Gasteiger partial charge >= 0.3 is 0 Å². The molecular weight excluding hydrogens is 258 g/mol. The van der Waals surface area contributed by atoms with Gasteiger partial charge in [-0.2, -0.15) is 0 Å². The molecule has 120 valence electrons. The number of nitrogens with zero attached hydrogens (tertiary/aromatic N) is 2. The van der Waals surface area contributed by atoms with Crippen LogP contribution in [0.1, 0.15) is 64.7 Å². The predicted octanol–water partition coefficient (Wildman–Crippen LogP) is 2.61. The summed E-state index contributed by atoms with van der Waals surface area (Å²) in [6.07, 6.45) is 12.8. The largest absolute Gasteiger partial charge is 0.308 e. The zero-order valence-corrected chi connectivity index (χ0v) is 13.8. The molecule has 0 bridgehead atoms. The number of fused-ring (bicyclic) bond motifs is 1. The van der Waals surface area contributed by atoms with Crippen molar-refractivity contribution in [2.45, 2.75) is 88.4 Å². The maximum absolute atomic E-state index is 3.99. The molecule has 3 heteroatoms. The van der Waals surface area contributed by atoms with Crippen LogP contribution in [0, 0.1) is 0 Å². The van der Waals surface area contributed by atoms with Crippen molar-refractivity contribution in [3.63, 3.8) is 0 Å². The first-order valence-electron chi connectivity index (χ1n) is 9.56. The summed E-state index contributed by atoms with van der Waals surface area (Å²) in [6, 6.07) is 2.53. The highest BCUT2D eigenvalue weighted by molar-refractivity contribution is 5.05. The zero-order valence-electron chi connectivity index (χ0n) is 13.8. The highest BCUT2D eigenvalue weighted by Crippen LogP contribution is 2.38. The third-order valence-electron chi connectivity index (χ3n) is 6.95. The van der Waals surface area contributed by atoms with Crippen molar-refractivity contribution in [1.29, 1.82) is 0 Å². The van der Waals surface area contributed by atoms with Gasteiger partial charge in [-0.15, -0.1) is 0 Å². The van der Waals surface area contributed by atoms with Crippen LogP contribution < -0.4 is 5.32 Å². The minimum atomic E-state index is 0.468. The molecule has 0 aromatic carbocycles. The first kappa shape index (κ1) is 14.5. The molecule has 0 amide bonds. The third kappa shape index (κ3) is 2.55. The van der Waals surface area contributed by atoms with Crippen LogP contribution in [0.4, 0.5) is 0 Å². The van der Waals surface area contributed by atoms with E-state index in [9.17, 15) is 0 Å². The quantitative estimate of drug-likeness (QED) is 0.844. The molecule has 4 aliphatic rings. The Bertz CT molecular complexity index is 363. The van der Waals surface area contributed by atoms with Gasteiger partial charge in [-0.3, -0.25) is 9.80 Å². The van der Waals surface area contributed by atoms with Gasteiger partial charge in [-0.05, 0) is 45.1 Å². The molecule has 1 N–H and O–H groups in total. The number of hydrogen-bond donors (Lipinski definition) is 1. The summed E-state index contributed by atoms with van der Waals surface area (Å²) in [5.41, 5.74) is 0.468. The Hall–Kier alpha value is -0.120. The Balaban J connectivity index is 1.52. The Kier molecular flexibility index (Phi) is 4.01. The lowest BCUT2D eigenvalue weighted by Gasteiger charge is -2.52. The van der Waals surface area contributed by atoms with E-state index in [-0.39, 0.29) is 0 Å². The Labute approximate surface area is 130 Å². The van der Waals surface area contributed by atoms with Gasteiger partial charge in [-0.1, -0.05) is 26.2 Å². The second kappa shape index (κ2) is 5.82. The molecule has 3 nitrogen and oxygen atoms in total. The third-order valence-corrected chi connectivity index (χ3v) is 6.95. The molecule has 3 heterocycles. The lowest BCUT2D eigenvalue weighted by molar-refractivity contribution is 0.0141. The summed E-state index contributed by atoms with van der Waals surface area (Å²) < 4.78 is 0. The molecule has 0 aromatic heterocycles. The van der Waals surface area contributed by atoms with Crippen LogP contribution in [0.3, 0.4) is 0 Å². The van der Waals surface area contributed by atoms with Crippen LogP contribution in [0.2, 0.25) is 0 Å². The van der Waals surface area contributed by atoms with E-state index >= 15 is 0 Å². The molecule has 0 aromatic rings. The highest BCUT2D eigenvalue weighted by atomic mass is 15.3. The summed E-state index contributed by atoms with van der Waals surface area (Å²) in [5.74, 6) is 0. The molecule has 4 rings (SSSR count). The van der Waals surface area contributed by atoms with E-state index in [2.05, 4.69) is 22.0 Å². The monoisotopic (exact) mass is 291 g/mol. The van der Waals surface area contributed by atoms with Crippen LogP contribution in [-0.4, -0.2) is 59.6 Å². The van der Waals surface area contributed by atoms with Gasteiger partial charge in [-0.25, -0.2) is 0 Å². The molecule has 3 unspecified atom stereocenters. The molecule has 1 saturated carbocycles. The van der Waals surface area contributed by atoms with E-state index in [1.807, 2.05) is 0 Å². The minimum absolute atomic E-state index is 0.468. The lowest BCUT2D eigenvalue weighted by atomic mass is 9.78. The first-order chi connectivity index (χ1) is 10.3. The van der Waals surface area contributed by atoms with E-state index in [1.54, 1.807) is 0 Å². The Morgan fingerprint density at radius 3 is 2.67 bits per heavy atom. The normalized spacial score (nSPS) is 40.7. The molecule has 3 saturated heterocycles. The Morgan fingerprint density at radius 2 is 1.86 bits per heavy atom. The molecule has 3 aliphatic heterocycles. The van der Waals surface area contributed by atoms with Crippen LogP contribution in [0.15, 0.2) is 0 Å². The molecule has 1 spiro atoms. The fourth-order valence-electron chi connectivity index (χ4n) is 5.76. The second-order valence-corrected chi connectivity index (χ2v) is 8.06. The van der Waals surface area contributed by atoms with Gasteiger partial charge in [0.05, 0.1) is 0 Å². The average Bonchev–Trinajstić information content (AvgIpc) is 3.11. The molecule has 1 aliphatic carbocycles. The van der Waals surface area contributed by atoms with Crippen LogP contribution >= 0.6 is 0 Å². The zero-order chi connectivity index (χ0) is 14.3. The standard InChI is InChI=1S/C18H33N3/c1-2-15-13-19-18(9-4-3-5-10-18)14-21(15)17-8-12-20-11-6-7-16(17)20/h15-17,19H,2-14H2,1H3. The van der Waals surface area contributed by atoms with Crippen molar-refractivity contribution in [2.75, 3.05) is 26.2 Å². The smallest absolute Gasteiger partial charge is 0.0309 e. The SMILES string of the molecule is CCC1CNC2(CCCCC2)CN1C1CCN2CCCC12. The first-order valence-corrected chi connectivity index (χ1v) is 9.56. The molecular formula is C18H33N3. The topological polar surface area (TPSA) is 18.5 Å². The molecule has 3 atom stereocenters. The van der Waals surface area contributed by atoms with Gasteiger partial charge in [0.15, 0.2) is 0 Å². The maximum Gasteiger partial charge on any atom is 0.0309 e. The van der Waals surface area contributed by atoms with Gasteiger partial charge in [0, 0.05) is 43.3 Å².